The van der Waals surface area contributed by atoms with Crippen LogP contribution in [0.2, 0.25) is 5.02 Å². The van der Waals surface area contributed by atoms with Gasteiger partial charge in [0.2, 0.25) is 0 Å². The van der Waals surface area contributed by atoms with E-state index in [9.17, 15) is 9.59 Å². The van der Waals surface area contributed by atoms with E-state index in [1.165, 1.54) is 7.11 Å². The molecule has 0 bridgehead atoms. The quantitative estimate of drug-likeness (QED) is 0.598. The predicted molar refractivity (Wildman–Crippen MR) is 107 cm³/mol. The zero-order valence-electron chi connectivity index (χ0n) is 14.4. The number of methoxy groups -OCH3 is 1. The number of halogens is 2. The van der Waals surface area contributed by atoms with Crippen molar-refractivity contribution in [2.24, 2.45) is 0 Å². The van der Waals surface area contributed by atoms with Crippen molar-refractivity contribution >= 4 is 50.8 Å². The molecule has 3 N–H and O–H groups in total. The summed E-state index contributed by atoms with van der Waals surface area (Å²) in [6.45, 7) is 2.51. The van der Waals surface area contributed by atoms with Crippen molar-refractivity contribution < 1.29 is 14.3 Å². The number of carbonyl (C=O) groups is 2. The molecule has 2 rings (SSSR count). The Labute approximate surface area is 165 Å². The van der Waals surface area contributed by atoms with E-state index < -0.39 is 6.03 Å². The van der Waals surface area contributed by atoms with Crippen molar-refractivity contribution in [1.82, 2.24) is 5.32 Å². The van der Waals surface area contributed by atoms with E-state index in [-0.39, 0.29) is 5.91 Å². The van der Waals surface area contributed by atoms with Crippen LogP contribution in [0.3, 0.4) is 0 Å². The smallest absolute Gasteiger partial charge is 0.323 e. The maximum Gasteiger partial charge on any atom is 0.323 e. The lowest BCUT2D eigenvalue weighted by atomic mass is 10.1. The van der Waals surface area contributed by atoms with Crippen LogP contribution < -0.4 is 20.7 Å². The molecule has 0 atom stereocenters. The predicted octanol–water partition coefficient (Wildman–Crippen LogP) is 4.89. The number of benzene rings is 2. The fourth-order valence-electron chi connectivity index (χ4n) is 2.20. The van der Waals surface area contributed by atoms with Crippen LogP contribution in [0.1, 0.15) is 23.7 Å². The van der Waals surface area contributed by atoms with E-state index >= 15 is 0 Å². The number of ether oxygens (including phenoxy) is 1. The molecule has 0 radical (unpaired) electrons. The minimum absolute atomic E-state index is 0.268. The lowest BCUT2D eigenvalue weighted by molar-refractivity contribution is 0.0954. The molecule has 0 aliphatic rings. The van der Waals surface area contributed by atoms with Gasteiger partial charge in [0.25, 0.3) is 5.91 Å². The first-order valence-corrected chi connectivity index (χ1v) is 9.10. The Balaban J connectivity index is 2.20. The van der Waals surface area contributed by atoms with Crippen molar-refractivity contribution in [2.45, 2.75) is 13.3 Å². The molecular weight excluding hydrogens is 422 g/mol. The summed E-state index contributed by atoms with van der Waals surface area (Å²) in [5, 5.41) is 8.63. The van der Waals surface area contributed by atoms with Crippen LogP contribution in [-0.4, -0.2) is 25.6 Å². The number of hydrogen-bond donors (Lipinski definition) is 3. The van der Waals surface area contributed by atoms with Crippen molar-refractivity contribution in [2.75, 3.05) is 24.3 Å². The Kier molecular flexibility index (Phi) is 7.29. The molecule has 2 aromatic carbocycles. The van der Waals surface area contributed by atoms with E-state index in [1.807, 2.05) is 6.92 Å². The van der Waals surface area contributed by atoms with Crippen molar-refractivity contribution in [3.63, 3.8) is 0 Å². The van der Waals surface area contributed by atoms with Gasteiger partial charge in [-0.15, -0.1) is 0 Å². The second kappa shape index (κ2) is 9.45. The zero-order valence-corrected chi connectivity index (χ0v) is 16.7. The van der Waals surface area contributed by atoms with Crippen LogP contribution in [0.5, 0.6) is 5.75 Å². The normalized spacial score (nSPS) is 10.2. The Hall–Kier alpha value is -2.25. The van der Waals surface area contributed by atoms with Crippen LogP contribution in [0.4, 0.5) is 16.2 Å². The summed E-state index contributed by atoms with van der Waals surface area (Å²) >= 11 is 9.30. The molecule has 8 heteroatoms. The highest BCUT2D eigenvalue weighted by Crippen LogP contribution is 2.25. The summed E-state index contributed by atoms with van der Waals surface area (Å²) in [6.07, 6.45) is 0.814. The van der Waals surface area contributed by atoms with Crippen molar-refractivity contribution in [3.05, 3.63) is 51.5 Å². The van der Waals surface area contributed by atoms with Gasteiger partial charge in [-0.1, -0.05) is 34.5 Å². The molecule has 0 fully saturated rings. The number of anilines is 2. The molecule has 3 amide bonds. The second-order valence-corrected chi connectivity index (χ2v) is 6.76. The molecule has 0 aliphatic carbocycles. The first kappa shape index (κ1) is 20.1. The molecule has 0 unspecified atom stereocenters. The van der Waals surface area contributed by atoms with Crippen molar-refractivity contribution in [1.29, 1.82) is 0 Å². The topological polar surface area (TPSA) is 79.5 Å². The van der Waals surface area contributed by atoms with Gasteiger partial charge in [-0.25, -0.2) is 4.79 Å². The molecule has 6 nitrogen and oxygen atoms in total. The minimum atomic E-state index is -0.503. The summed E-state index contributed by atoms with van der Waals surface area (Å²) in [7, 11) is 1.51. The van der Waals surface area contributed by atoms with Gasteiger partial charge < -0.3 is 20.7 Å². The highest BCUT2D eigenvalue weighted by molar-refractivity contribution is 9.10. The van der Waals surface area contributed by atoms with Gasteiger partial charge in [0.15, 0.2) is 0 Å². The highest BCUT2D eigenvalue weighted by atomic mass is 79.9. The molecular formula is C18H19BrClN3O3. The second-order valence-electron chi connectivity index (χ2n) is 5.40. The summed E-state index contributed by atoms with van der Waals surface area (Å²) < 4.78 is 5.91. The van der Waals surface area contributed by atoms with E-state index in [4.69, 9.17) is 16.3 Å². The van der Waals surface area contributed by atoms with E-state index in [0.29, 0.717) is 34.3 Å². The summed E-state index contributed by atoms with van der Waals surface area (Å²) in [4.78, 5) is 24.6. The molecule has 0 heterocycles. The zero-order chi connectivity index (χ0) is 19.1. The van der Waals surface area contributed by atoms with Crippen molar-refractivity contribution in [3.8, 4) is 5.75 Å². The van der Waals surface area contributed by atoms with Crippen LogP contribution in [0.15, 0.2) is 40.9 Å². The van der Waals surface area contributed by atoms with Crippen LogP contribution in [0, 0.1) is 0 Å². The molecule has 0 saturated heterocycles. The number of rotatable bonds is 6. The Morgan fingerprint density at radius 1 is 1.15 bits per heavy atom. The maximum atomic E-state index is 12.3. The van der Waals surface area contributed by atoms with Crippen LogP contribution >= 0.6 is 27.5 Å². The van der Waals surface area contributed by atoms with Gasteiger partial charge in [0.1, 0.15) is 5.75 Å². The number of carbonyl (C=O) groups excluding carboxylic acids is 2. The van der Waals surface area contributed by atoms with Gasteiger partial charge in [0.05, 0.1) is 18.4 Å². The Morgan fingerprint density at radius 2 is 1.92 bits per heavy atom. The highest BCUT2D eigenvalue weighted by Gasteiger charge is 2.15. The lowest BCUT2D eigenvalue weighted by Gasteiger charge is -2.14. The molecule has 0 aliphatic heterocycles. The first-order valence-electron chi connectivity index (χ1n) is 7.93. The lowest BCUT2D eigenvalue weighted by Crippen LogP contribution is -2.27. The van der Waals surface area contributed by atoms with Gasteiger partial charge in [-0.05, 0) is 36.8 Å². The van der Waals surface area contributed by atoms with E-state index in [0.717, 1.165) is 10.9 Å². The number of nitrogens with one attached hydrogen (secondary N) is 3. The molecule has 2 aromatic rings. The third-order valence-electron chi connectivity index (χ3n) is 3.38. The fraction of sp³-hybridized carbons (Fsp3) is 0.222. The molecule has 0 spiro atoms. The molecule has 0 aromatic heterocycles. The monoisotopic (exact) mass is 439 g/mol. The maximum absolute atomic E-state index is 12.3. The average molecular weight is 441 g/mol. The standard InChI is InChI=1S/C18H19BrClN3O3/c1-3-6-21-17(24)15-5-4-14(26-2)10-16(15)23-18(25)22-13-8-11(19)7-12(20)9-13/h4-5,7-10H,3,6H2,1-2H3,(H,21,24)(H2,22,23,25). The third kappa shape index (κ3) is 5.64. The summed E-state index contributed by atoms with van der Waals surface area (Å²) in [6, 6.07) is 9.40. The fourth-order valence-corrected chi connectivity index (χ4v) is 3.06. The van der Waals surface area contributed by atoms with E-state index in [1.54, 1.807) is 36.4 Å². The average Bonchev–Trinajstić information content (AvgIpc) is 2.58. The number of amides is 3. The molecule has 138 valence electrons. The van der Waals surface area contributed by atoms with E-state index in [2.05, 4.69) is 31.9 Å². The Bertz CT molecular complexity index is 794. The summed E-state index contributed by atoms with van der Waals surface area (Å²) in [5.74, 6) is 0.258. The van der Waals surface area contributed by atoms with Crippen LogP contribution in [0.25, 0.3) is 0 Å². The number of hydrogen-bond acceptors (Lipinski definition) is 3. The van der Waals surface area contributed by atoms with Gasteiger partial charge in [-0.2, -0.15) is 0 Å². The van der Waals surface area contributed by atoms with Gasteiger partial charge in [0, 0.05) is 27.8 Å². The molecule has 26 heavy (non-hydrogen) atoms. The van der Waals surface area contributed by atoms with Gasteiger partial charge in [-0.3, -0.25) is 4.79 Å². The van der Waals surface area contributed by atoms with Crippen LogP contribution in [-0.2, 0) is 0 Å². The summed E-state index contributed by atoms with van der Waals surface area (Å²) in [5.41, 5.74) is 1.21. The number of urea groups is 1. The third-order valence-corrected chi connectivity index (χ3v) is 4.05. The first-order chi connectivity index (χ1) is 12.4. The van der Waals surface area contributed by atoms with Gasteiger partial charge >= 0.3 is 6.03 Å². The minimum Gasteiger partial charge on any atom is -0.497 e. The largest absolute Gasteiger partial charge is 0.497 e. The Morgan fingerprint density at radius 3 is 2.58 bits per heavy atom. The SMILES string of the molecule is CCCNC(=O)c1ccc(OC)cc1NC(=O)Nc1cc(Cl)cc(Br)c1. The molecule has 0 saturated carbocycles.